The average Bonchev–Trinajstić information content (AvgIpc) is 3.23. The molecule has 0 spiro atoms. The highest BCUT2D eigenvalue weighted by molar-refractivity contribution is 7.89. The Morgan fingerprint density at radius 2 is 1.69 bits per heavy atom. The van der Waals surface area contributed by atoms with E-state index in [1.54, 1.807) is 17.0 Å². The van der Waals surface area contributed by atoms with Crippen molar-refractivity contribution in [2.45, 2.75) is 31.6 Å². The van der Waals surface area contributed by atoms with E-state index in [-0.39, 0.29) is 29.7 Å². The molecule has 0 aromatic heterocycles. The van der Waals surface area contributed by atoms with Gasteiger partial charge in [-0.15, -0.1) is 0 Å². The highest BCUT2D eigenvalue weighted by atomic mass is 32.2. The molecule has 0 aliphatic carbocycles. The van der Waals surface area contributed by atoms with E-state index in [1.165, 1.54) is 12.1 Å². The van der Waals surface area contributed by atoms with Crippen molar-refractivity contribution in [3.63, 3.8) is 0 Å². The van der Waals surface area contributed by atoms with Gasteiger partial charge < -0.3 is 10.2 Å². The van der Waals surface area contributed by atoms with E-state index in [9.17, 15) is 18.0 Å². The lowest BCUT2D eigenvalue weighted by Gasteiger charge is -2.18. The molecular weight excluding hydrogens is 462 g/mol. The summed E-state index contributed by atoms with van der Waals surface area (Å²) in [5, 5.41) is 2.81. The minimum absolute atomic E-state index is 0.0866. The molecule has 0 bridgehead atoms. The summed E-state index contributed by atoms with van der Waals surface area (Å²) in [6, 6.07) is 21.5. The fourth-order valence-corrected chi connectivity index (χ4v) is 5.08. The van der Waals surface area contributed by atoms with Gasteiger partial charge in [0, 0.05) is 30.9 Å². The molecule has 1 atom stereocenters. The summed E-state index contributed by atoms with van der Waals surface area (Å²) in [7, 11) is -3.66. The van der Waals surface area contributed by atoms with Gasteiger partial charge in [-0.2, -0.15) is 0 Å². The summed E-state index contributed by atoms with van der Waals surface area (Å²) in [5.41, 5.74) is 4.56. The van der Waals surface area contributed by atoms with E-state index in [4.69, 9.17) is 0 Å². The zero-order chi connectivity index (χ0) is 25.0. The van der Waals surface area contributed by atoms with E-state index >= 15 is 0 Å². The Labute approximate surface area is 206 Å². The van der Waals surface area contributed by atoms with Gasteiger partial charge in [0.15, 0.2) is 0 Å². The van der Waals surface area contributed by atoms with Crippen molar-refractivity contribution in [2.75, 3.05) is 23.3 Å². The van der Waals surface area contributed by atoms with E-state index in [2.05, 4.69) is 10.0 Å². The van der Waals surface area contributed by atoms with E-state index < -0.39 is 15.9 Å². The zero-order valence-corrected chi connectivity index (χ0v) is 20.6. The highest BCUT2D eigenvalue weighted by Crippen LogP contribution is 2.27. The predicted octanol–water partition coefficient (Wildman–Crippen LogP) is 3.82. The van der Waals surface area contributed by atoms with Crippen LogP contribution in [0.3, 0.4) is 0 Å². The van der Waals surface area contributed by atoms with Crippen LogP contribution in [0.5, 0.6) is 0 Å². The fraction of sp³-hybridized carbons (Fsp3) is 0.259. The van der Waals surface area contributed by atoms with Crippen LogP contribution in [0.4, 0.5) is 11.4 Å². The molecule has 1 fully saturated rings. The van der Waals surface area contributed by atoms with Crippen LogP contribution in [0.1, 0.15) is 23.1 Å². The number of sulfonamides is 1. The second kappa shape index (κ2) is 10.4. The van der Waals surface area contributed by atoms with Gasteiger partial charge in [0.25, 0.3) is 0 Å². The van der Waals surface area contributed by atoms with Gasteiger partial charge >= 0.3 is 0 Å². The highest BCUT2D eigenvalue weighted by Gasteiger charge is 2.35. The summed E-state index contributed by atoms with van der Waals surface area (Å²) in [6.45, 7) is 4.60. The summed E-state index contributed by atoms with van der Waals surface area (Å²) in [6.07, 6.45) is 0.726. The molecule has 1 unspecified atom stereocenters. The van der Waals surface area contributed by atoms with Gasteiger partial charge in [0.2, 0.25) is 21.8 Å². The number of hydrogen-bond acceptors (Lipinski definition) is 4. The van der Waals surface area contributed by atoms with Crippen molar-refractivity contribution in [1.82, 2.24) is 4.72 Å². The minimum Gasteiger partial charge on any atom is -0.326 e. The monoisotopic (exact) mass is 491 g/mol. The third kappa shape index (κ3) is 5.96. The van der Waals surface area contributed by atoms with Crippen LogP contribution < -0.4 is 14.9 Å². The number of nitrogens with one attached hydrogen (secondary N) is 2. The van der Waals surface area contributed by atoms with Gasteiger partial charge in [0.05, 0.1) is 10.8 Å². The molecule has 0 saturated carbocycles. The third-order valence-corrected chi connectivity index (χ3v) is 7.76. The maximum Gasteiger partial charge on any atom is 0.240 e. The lowest BCUT2D eigenvalue weighted by molar-refractivity contribution is -0.122. The number of benzene rings is 3. The first-order chi connectivity index (χ1) is 16.7. The molecule has 2 N–H and O–H groups in total. The van der Waals surface area contributed by atoms with Crippen molar-refractivity contribution < 1.29 is 18.0 Å². The van der Waals surface area contributed by atoms with E-state index in [0.717, 1.165) is 22.4 Å². The second-order valence-corrected chi connectivity index (χ2v) is 10.6. The summed E-state index contributed by atoms with van der Waals surface area (Å²) in [5.74, 6) is -0.829. The molecule has 1 aliphatic rings. The molecule has 7 nitrogen and oxygen atoms in total. The Kier molecular flexibility index (Phi) is 7.33. The Morgan fingerprint density at radius 1 is 0.971 bits per heavy atom. The van der Waals surface area contributed by atoms with Crippen molar-refractivity contribution >= 4 is 33.2 Å². The fourth-order valence-electron chi connectivity index (χ4n) is 4.05. The number of carbonyl (C=O) groups is 2. The van der Waals surface area contributed by atoms with E-state index in [1.807, 2.05) is 62.4 Å². The Balaban J connectivity index is 1.33. The molecule has 2 amide bonds. The van der Waals surface area contributed by atoms with Crippen LogP contribution >= 0.6 is 0 Å². The predicted molar refractivity (Wildman–Crippen MR) is 137 cm³/mol. The topological polar surface area (TPSA) is 95.6 Å². The summed E-state index contributed by atoms with van der Waals surface area (Å²) in [4.78, 5) is 27.1. The number of anilines is 2. The maximum absolute atomic E-state index is 12.8. The first-order valence-electron chi connectivity index (χ1n) is 11.5. The van der Waals surface area contributed by atoms with Crippen LogP contribution in [0.2, 0.25) is 0 Å². The van der Waals surface area contributed by atoms with E-state index in [0.29, 0.717) is 18.7 Å². The number of rotatable bonds is 8. The normalized spacial score (nSPS) is 15.9. The Bertz CT molecular complexity index is 1320. The van der Waals surface area contributed by atoms with Crippen molar-refractivity contribution in [3.8, 4) is 0 Å². The smallest absolute Gasteiger partial charge is 0.240 e. The van der Waals surface area contributed by atoms with Crippen LogP contribution in [0, 0.1) is 19.8 Å². The molecule has 3 aromatic carbocycles. The van der Waals surface area contributed by atoms with Crippen molar-refractivity contribution in [1.29, 1.82) is 0 Å². The largest absolute Gasteiger partial charge is 0.326 e. The molecule has 3 aromatic rings. The van der Waals surface area contributed by atoms with Crippen LogP contribution in [-0.2, 0) is 26.0 Å². The molecule has 4 rings (SSSR count). The zero-order valence-electron chi connectivity index (χ0n) is 19.8. The number of hydrogen-bond donors (Lipinski definition) is 2. The van der Waals surface area contributed by atoms with Crippen molar-refractivity contribution in [3.05, 3.63) is 89.5 Å². The third-order valence-electron chi connectivity index (χ3n) is 6.28. The van der Waals surface area contributed by atoms with Gasteiger partial charge in [0.1, 0.15) is 0 Å². The molecule has 8 heteroatoms. The van der Waals surface area contributed by atoms with Crippen LogP contribution in [0.25, 0.3) is 0 Å². The lowest BCUT2D eigenvalue weighted by Crippen LogP contribution is -2.28. The van der Waals surface area contributed by atoms with Crippen LogP contribution in [-0.4, -0.2) is 33.3 Å². The second-order valence-electron chi connectivity index (χ2n) is 8.82. The molecule has 182 valence electrons. The first kappa shape index (κ1) is 24.6. The van der Waals surface area contributed by atoms with Crippen LogP contribution in [0.15, 0.2) is 77.7 Å². The van der Waals surface area contributed by atoms with Gasteiger partial charge in [-0.3, -0.25) is 9.59 Å². The molecule has 35 heavy (non-hydrogen) atoms. The molecule has 1 heterocycles. The van der Waals surface area contributed by atoms with Gasteiger partial charge in [-0.25, -0.2) is 13.1 Å². The Hall–Kier alpha value is -3.49. The van der Waals surface area contributed by atoms with Gasteiger partial charge in [-0.05, 0) is 73.4 Å². The molecule has 0 radical (unpaired) electrons. The average molecular weight is 492 g/mol. The number of amides is 2. The standard InChI is InChI=1S/C27H29N3O4S/c1-19-8-11-24(16-20(19)2)30-18-22(17-26(30)31)27(32)29-23-9-12-25(13-10-23)35(33,34)28-15-14-21-6-4-3-5-7-21/h3-13,16,22,28H,14-15,17-18H2,1-2H3,(H,29,32). The number of nitrogens with zero attached hydrogens (tertiary/aromatic N) is 1. The molecule has 1 saturated heterocycles. The minimum atomic E-state index is -3.66. The van der Waals surface area contributed by atoms with Gasteiger partial charge in [-0.1, -0.05) is 36.4 Å². The Morgan fingerprint density at radius 3 is 2.37 bits per heavy atom. The quantitative estimate of drug-likeness (QED) is 0.501. The summed E-state index contributed by atoms with van der Waals surface area (Å²) >= 11 is 0. The number of carbonyl (C=O) groups excluding carboxylic acids is 2. The molecular formula is C27H29N3O4S. The first-order valence-corrected chi connectivity index (χ1v) is 13.0. The SMILES string of the molecule is Cc1ccc(N2CC(C(=O)Nc3ccc(S(=O)(=O)NCCc4ccccc4)cc3)CC2=O)cc1C. The number of aryl methyl sites for hydroxylation is 2. The van der Waals surface area contributed by atoms with Crippen molar-refractivity contribution in [2.24, 2.45) is 5.92 Å². The summed E-state index contributed by atoms with van der Waals surface area (Å²) < 4.78 is 27.8. The maximum atomic E-state index is 12.8. The molecule has 1 aliphatic heterocycles. The lowest BCUT2D eigenvalue weighted by atomic mass is 10.1.